The molecule has 1 aromatic heterocycles. The van der Waals surface area contributed by atoms with Crippen molar-refractivity contribution < 1.29 is 13.5 Å². The Bertz CT molecular complexity index is 775. The molecule has 140 valence electrons. The van der Waals surface area contributed by atoms with E-state index in [1.54, 1.807) is 11.4 Å². The van der Waals surface area contributed by atoms with Crippen LogP contribution in [0.5, 0.6) is 11.6 Å². The lowest BCUT2D eigenvalue weighted by atomic mass is 10.1. The zero-order valence-electron chi connectivity index (χ0n) is 14.5. The normalized spacial score (nSPS) is 16.4. The van der Waals surface area contributed by atoms with Crippen molar-refractivity contribution in [2.24, 2.45) is 16.5 Å². The molecule has 0 saturated heterocycles. The van der Waals surface area contributed by atoms with Crippen LogP contribution >= 0.6 is 11.9 Å². The van der Waals surface area contributed by atoms with Crippen molar-refractivity contribution in [1.29, 1.82) is 0 Å². The molecule has 0 spiro atoms. The minimum Gasteiger partial charge on any atom is -0.436 e. The molecule has 2 heterocycles. The second-order valence-electron chi connectivity index (χ2n) is 5.28. The number of nitrogens with two attached hydrogens (primary N) is 2. The number of aromatic nitrogens is 1. The molecule has 1 unspecified atom stereocenters. The third-order valence-corrected chi connectivity index (χ3v) is 4.34. The summed E-state index contributed by atoms with van der Waals surface area (Å²) in [6.07, 6.45) is 1.42. The van der Waals surface area contributed by atoms with Gasteiger partial charge < -0.3 is 16.2 Å². The third-order valence-electron chi connectivity index (χ3n) is 3.30. The van der Waals surface area contributed by atoms with Gasteiger partial charge in [-0.2, -0.15) is 0 Å². The highest BCUT2D eigenvalue weighted by atomic mass is 32.2. The number of aliphatic imine (C=N–C) groups is 1. The molecule has 4 N–H and O–H groups in total. The molecule has 9 heteroatoms. The molecule has 0 aliphatic carbocycles. The molecule has 0 fully saturated rings. The van der Waals surface area contributed by atoms with E-state index >= 15 is 0 Å². The summed E-state index contributed by atoms with van der Waals surface area (Å²) in [6, 6.07) is 6.46. The van der Waals surface area contributed by atoms with Crippen LogP contribution in [0.4, 0.5) is 8.78 Å². The number of nitrogens with zero attached hydrogens (tertiary/aromatic N) is 3. The van der Waals surface area contributed by atoms with Crippen molar-refractivity contribution in [3.63, 3.8) is 0 Å². The lowest BCUT2D eigenvalue weighted by Gasteiger charge is -2.26. The summed E-state index contributed by atoms with van der Waals surface area (Å²) in [5.74, 6) is 0.00602. The zero-order chi connectivity index (χ0) is 19.1. The number of benzene rings is 1. The first-order valence-corrected chi connectivity index (χ1v) is 8.88. The SMILES string of the molecule is CCN.CN1SCC(c2cc(Oc3ncccc3F)ccc2F)N=C1N. The van der Waals surface area contributed by atoms with Gasteiger partial charge in [0.05, 0.1) is 6.04 Å². The molecule has 3 rings (SSSR count). The maximum Gasteiger partial charge on any atom is 0.255 e. The summed E-state index contributed by atoms with van der Waals surface area (Å²) in [5, 5.41) is 0. The highest BCUT2D eigenvalue weighted by Gasteiger charge is 2.23. The van der Waals surface area contributed by atoms with Crippen LogP contribution in [0.2, 0.25) is 0 Å². The molecular formula is C17H21F2N5OS. The lowest BCUT2D eigenvalue weighted by Crippen LogP contribution is -2.33. The van der Waals surface area contributed by atoms with Gasteiger partial charge in [-0.1, -0.05) is 6.92 Å². The smallest absolute Gasteiger partial charge is 0.255 e. The maximum absolute atomic E-state index is 14.1. The first-order chi connectivity index (χ1) is 12.5. The Labute approximate surface area is 155 Å². The summed E-state index contributed by atoms with van der Waals surface area (Å²) in [6.45, 7) is 2.65. The molecule has 2 aromatic rings. The van der Waals surface area contributed by atoms with E-state index in [-0.39, 0.29) is 11.6 Å². The van der Waals surface area contributed by atoms with Crippen LogP contribution < -0.4 is 16.2 Å². The maximum atomic E-state index is 14.1. The van der Waals surface area contributed by atoms with Gasteiger partial charge in [-0.25, -0.2) is 18.8 Å². The number of hydrogen-bond acceptors (Lipinski definition) is 7. The summed E-state index contributed by atoms with van der Waals surface area (Å²) in [4.78, 5) is 8.09. The number of ether oxygens (including phenoxy) is 1. The predicted molar refractivity (Wildman–Crippen MR) is 100.0 cm³/mol. The van der Waals surface area contributed by atoms with Gasteiger partial charge in [0.1, 0.15) is 11.6 Å². The van der Waals surface area contributed by atoms with Gasteiger partial charge in [-0.15, -0.1) is 0 Å². The van der Waals surface area contributed by atoms with Crippen LogP contribution in [0.15, 0.2) is 41.5 Å². The predicted octanol–water partition coefficient (Wildman–Crippen LogP) is 3.07. The Morgan fingerprint density at radius 1 is 1.31 bits per heavy atom. The number of halogens is 2. The van der Waals surface area contributed by atoms with Gasteiger partial charge in [-0.3, -0.25) is 4.31 Å². The Hall–Kier alpha value is -2.39. The zero-order valence-corrected chi connectivity index (χ0v) is 15.3. The van der Waals surface area contributed by atoms with Gasteiger partial charge in [0.25, 0.3) is 5.88 Å². The van der Waals surface area contributed by atoms with Crippen LogP contribution in [-0.2, 0) is 0 Å². The fourth-order valence-electron chi connectivity index (χ4n) is 2.08. The fraction of sp³-hybridized carbons (Fsp3) is 0.294. The van der Waals surface area contributed by atoms with Crippen molar-refractivity contribution >= 4 is 17.9 Å². The highest BCUT2D eigenvalue weighted by molar-refractivity contribution is 7.97. The molecule has 26 heavy (non-hydrogen) atoms. The van der Waals surface area contributed by atoms with Crippen molar-refractivity contribution in [2.45, 2.75) is 13.0 Å². The minimum absolute atomic E-state index is 0.161. The molecule has 0 radical (unpaired) electrons. The molecule has 1 aliphatic rings. The average molecular weight is 381 g/mol. The van der Waals surface area contributed by atoms with Gasteiger partial charge >= 0.3 is 0 Å². The van der Waals surface area contributed by atoms with E-state index in [1.165, 1.54) is 48.5 Å². The molecular weight excluding hydrogens is 360 g/mol. The standard InChI is InChI=1S/C15H14F2N4OS.C2H7N/c1-21-15(18)20-13(8-23-21)10-7-9(4-5-11(10)16)22-14-12(17)3-2-6-19-14;1-2-3/h2-7,13H,8H2,1H3,(H2,18,20);2-3H2,1H3. The highest BCUT2D eigenvalue weighted by Crippen LogP contribution is 2.33. The summed E-state index contributed by atoms with van der Waals surface area (Å²) < 4.78 is 34.8. The van der Waals surface area contributed by atoms with Crippen LogP contribution in [-0.4, -0.2) is 34.6 Å². The number of hydrogen-bond donors (Lipinski definition) is 2. The van der Waals surface area contributed by atoms with Gasteiger partial charge in [0, 0.05) is 24.6 Å². The number of rotatable bonds is 3. The number of guanidine groups is 1. The molecule has 0 saturated carbocycles. The van der Waals surface area contributed by atoms with Crippen LogP contribution in [0.3, 0.4) is 0 Å². The molecule has 1 aromatic carbocycles. The molecule has 1 aliphatic heterocycles. The van der Waals surface area contributed by atoms with Crippen molar-refractivity contribution in [3.05, 3.63) is 53.7 Å². The van der Waals surface area contributed by atoms with Crippen molar-refractivity contribution in [2.75, 3.05) is 19.3 Å². The summed E-state index contributed by atoms with van der Waals surface area (Å²) in [5.41, 5.74) is 11.0. The van der Waals surface area contributed by atoms with E-state index < -0.39 is 17.7 Å². The fourth-order valence-corrected chi connectivity index (χ4v) is 2.88. The van der Waals surface area contributed by atoms with Crippen molar-refractivity contribution in [3.8, 4) is 11.6 Å². The summed E-state index contributed by atoms with van der Waals surface area (Å²) >= 11 is 1.45. The minimum atomic E-state index is -0.588. The van der Waals surface area contributed by atoms with Gasteiger partial charge in [0.2, 0.25) is 5.96 Å². The van der Waals surface area contributed by atoms with E-state index in [0.29, 0.717) is 17.3 Å². The number of pyridine rings is 1. The second-order valence-corrected chi connectivity index (χ2v) is 6.42. The first-order valence-electron chi connectivity index (χ1n) is 7.94. The van der Waals surface area contributed by atoms with E-state index in [2.05, 4.69) is 9.98 Å². The Kier molecular flexibility index (Phi) is 7.16. The molecule has 0 amide bonds. The van der Waals surface area contributed by atoms with Crippen LogP contribution in [0, 0.1) is 11.6 Å². The van der Waals surface area contributed by atoms with E-state index in [0.717, 1.165) is 6.54 Å². The molecule has 1 atom stereocenters. The lowest BCUT2D eigenvalue weighted by molar-refractivity contribution is 0.420. The van der Waals surface area contributed by atoms with Crippen LogP contribution in [0.25, 0.3) is 0 Å². The van der Waals surface area contributed by atoms with E-state index in [4.69, 9.17) is 16.2 Å². The topological polar surface area (TPSA) is 89.8 Å². The Morgan fingerprint density at radius 3 is 2.69 bits per heavy atom. The average Bonchev–Trinajstić information content (AvgIpc) is 2.62. The van der Waals surface area contributed by atoms with Crippen molar-refractivity contribution in [1.82, 2.24) is 9.29 Å². The Morgan fingerprint density at radius 2 is 2.04 bits per heavy atom. The quantitative estimate of drug-likeness (QED) is 0.794. The van der Waals surface area contributed by atoms with Crippen LogP contribution in [0.1, 0.15) is 18.5 Å². The van der Waals surface area contributed by atoms with Gasteiger partial charge in [-0.05, 0) is 48.8 Å². The van der Waals surface area contributed by atoms with E-state index in [9.17, 15) is 8.78 Å². The summed E-state index contributed by atoms with van der Waals surface area (Å²) in [7, 11) is 1.79. The third kappa shape index (κ3) is 5.06. The molecule has 6 nitrogen and oxygen atoms in total. The van der Waals surface area contributed by atoms with Gasteiger partial charge in [0.15, 0.2) is 5.82 Å². The largest absolute Gasteiger partial charge is 0.436 e. The first kappa shape index (κ1) is 19.9. The van der Waals surface area contributed by atoms with E-state index in [1.807, 2.05) is 6.92 Å². The second kappa shape index (κ2) is 9.35. The monoisotopic (exact) mass is 381 g/mol. The molecule has 0 bridgehead atoms. The Balaban J connectivity index is 0.000000758.